The molecule has 3 aromatic carbocycles. The van der Waals surface area contributed by atoms with Gasteiger partial charge in [-0.25, -0.2) is 8.42 Å². The molecule has 40 heavy (non-hydrogen) atoms. The fraction of sp³-hybridized carbons (Fsp3) is 0.333. The van der Waals surface area contributed by atoms with Gasteiger partial charge in [-0.3, -0.25) is 13.9 Å². The maximum atomic E-state index is 14.1. The first kappa shape index (κ1) is 31.0. The van der Waals surface area contributed by atoms with Gasteiger partial charge in [-0.05, 0) is 55.7 Å². The fourth-order valence-corrected chi connectivity index (χ4v) is 5.86. The van der Waals surface area contributed by atoms with E-state index in [-0.39, 0.29) is 33.8 Å². The molecule has 10 heteroatoms. The van der Waals surface area contributed by atoms with Crippen LogP contribution in [-0.4, -0.2) is 51.4 Å². The molecule has 0 saturated carbocycles. The third-order valence-corrected chi connectivity index (χ3v) is 8.44. The molecule has 0 saturated heterocycles. The topological polar surface area (TPSA) is 96.0 Å². The zero-order valence-corrected chi connectivity index (χ0v) is 24.8. The molecule has 214 valence electrons. The first-order chi connectivity index (χ1) is 19.1. The van der Waals surface area contributed by atoms with E-state index >= 15 is 0 Å². The number of carbonyl (C=O) groups is 2. The molecule has 0 bridgehead atoms. The standard InChI is InChI=1S/C30H36ClN3O5S/c1-5-18-32-30(36)26(6-2)33(20-23-10-8-7-9-11-23)29(35)21-34(27-19-24(31)14-17-28(27)39-4)40(37,38)25-15-12-22(3)13-16-25/h7-17,19,26H,5-6,18,20-21H2,1-4H3,(H,32,36)/t26-/m0/s1. The number of aryl methyl sites for hydroxylation is 1. The molecule has 0 aliphatic rings. The van der Waals surface area contributed by atoms with Crippen LogP contribution >= 0.6 is 11.6 Å². The first-order valence-electron chi connectivity index (χ1n) is 13.2. The normalized spacial score (nSPS) is 11.9. The third kappa shape index (κ3) is 7.55. The SMILES string of the molecule is CCCNC(=O)[C@H](CC)N(Cc1ccccc1)C(=O)CN(c1cc(Cl)ccc1OC)S(=O)(=O)c1ccc(C)cc1. The molecule has 0 unspecified atom stereocenters. The molecular formula is C30H36ClN3O5S. The Morgan fingerprint density at radius 2 is 1.68 bits per heavy atom. The Morgan fingerprint density at radius 3 is 2.27 bits per heavy atom. The number of methoxy groups -OCH3 is 1. The van der Waals surface area contributed by atoms with Gasteiger partial charge in [0, 0.05) is 18.1 Å². The molecule has 3 rings (SSSR count). The van der Waals surface area contributed by atoms with Gasteiger partial charge in [-0.1, -0.05) is 73.5 Å². The van der Waals surface area contributed by atoms with Crippen molar-refractivity contribution in [3.8, 4) is 5.75 Å². The van der Waals surface area contributed by atoms with E-state index < -0.39 is 28.5 Å². The minimum Gasteiger partial charge on any atom is -0.495 e. The van der Waals surface area contributed by atoms with Crippen LogP contribution < -0.4 is 14.4 Å². The average Bonchev–Trinajstić information content (AvgIpc) is 2.95. The Morgan fingerprint density at radius 1 is 1.00 bits per heavy atom. The van der Waals surface area contributed by atoms with Crippen molar-refractivity contribution in [1.82, 2.24) is 10.2 Å². The second-order valence-electron chi connectivity index (χ2n) is 9.36. The van der Waals surface area contributed by atoms with Crippen molar-refractivity contribution in [1.29, 1.82) is 0 Å². The van der Waals surface area contributed by atoms with Gasteiger partial charge < -0.3 is 15.0 Å². The highest BCUT2D eigenvalue weighted by atomic mass is 35.5. The Kier molecular flexibility index (Phi) is 11.0. The molecule has 0 radical (unpaired) electrons. The van der Waals surface area contributed by atoms with Crippen LogP contribution in [0.15, 0.2) is 77.7 Å². The van der Waals surface area contributed by atoms with Crippen LogP contribution in [0.5, 0.6) is 5.75 Å². The van der Waals surface area contributed by atoms with Crippen LogP contribution in [0.3, 0.4) is 0 Å². The van der Waals surface area contributed by atoms with Crippen molar-refractivity contribution in [3.63, 3.8) is 0 Å². The quantitative estimate of drug-likeness (QED) is 0.298. The number of nitrogens with zero attached hydrogens (tertiary/aromatic N) is 2. The number of hydrogen-bond acceptors (Lipinski definition) is 5. The number of nitrogens with one attached hydrogen (secondary N) is 1. The number of anilines is 1. The molecule has 0 aromatic heterocycles. The largest absolute Gasteiger partial charge is 0.495 e. The lowest BCUT2D eigenvalue weighted by molar-refractivity contribution is -0.140. The fourth-order valence-electron chi connectivity index (χ4n) is 4.27. The summed E-state index contributed by atoms with van der Waals surface area (Å²) in [5, 5.41) is 3.15. The smallest absolute Gasteiger partial charge is 0.264 e. The lowest BCUT2D eigenvalue weighted by Gasteiger charge is -2.33. The van der Waals surface area contributed by atoms with E-state index in [1.807, 2.05) is 51.1 Å². The Balaban J connectivity index is 2.11. The maximum absolute atomic E-state index is 14.1. The zero-order chi connectivity index (χ0) is 29.3. The van der Waals surface area contributed by atoms with Crippen molar-refractivity contribution < 1.29 is 22.7 Å². The molecule has 3 aromatic rings. The zero-order valence-electron chi connectivity index (χ0n) is 23.3. The molecule has 1 atom stereocenters. The van der Waals surface area contributed by atoms with Gasteiger partial charge in [0.25, 0.3) is 10.0 Å². The van der Waals surface area contributed by atoms with Crippen molar-refractivity contribution in [2.24, 2.45) is 0 Å². The summed E-state index contributed by atoms with van der Waals surface area (Å²) in [6.07, 6.45) is 1.09. The molecular weight excluding hydrogens is 550 g/mol. The lowest BCUT2D eigenvalue weighted by atomic mass is 10.1. The van der Waals surface area contributed by atoms with E-state index in [2.05, 4.69) is 5.32 Å². The van der Waals surface area contributed by atoms with Crippen LogP contribution in [0.25, 0.3) is 0 Å². The van der Waals surface area contributed by atoms with Crippen LogP contribution in [0.2, 0.25) is 5.02 Å². The molecule has 0 heterocycles. The predicted octanol–water partition coefficient (Wildman–Crippen LogP) is 5.19. The van der Waals surface area contributed by atoms with E-state index in [1.165, 1.54) is 30.2 Å². The van der Waals surface area contributed by atoms with Gasteiger partial charge in [0.15, 0.2) is 0 Å². The summed E-state index contributed by atoms with van der Waals surface area (Å²) in [5.41, 5.74) is 1.82. The monoisotopic (exact) mass is 585 g/mol. The van der Waals surface area contributed by atoms with Gasteiger partial charge in [0.2, 0.25) is 11.8 Å². The minimum atomic E-state index is -4.24. The molecule has 1 N–H and O–H groups in total. The molecule has 0 fully saturated rings. The van der Waals surface area contributed by atoms with E-state index in [4.69, 9.17) is 16.3 Å². The Bertz CT molecular complexity index is 1400. The number of hydrogen-bond donors (Lipinski definition) is 1. The Labute approximate surface area is 241 Å². The van der Waals surface area contributed by atoms with E-state index in [0.717, 1.165) is 21.9 Å². The van der Waals surface area contributed by atoms with E-state index in [0.29, 0.717) is 13.0 Å². The number of benzene rings is 3. The summed E-state index contributed by atoms with van der Waals surface area (Å²) in [7, 11) is -2.83. The second-order valence-corrected chi connectivity index (χ2v) is 11.7. The van der Waals surface area contributed by atoms with Crippen LogP contribution in [-0.2, 0) is 26.2 Å². The first-order valence-corrected chi connectivity index (χ1v) is 15.0. The highest BCUT2D eigenvalue weighted by Gasteiger charge is 2.34. The van der Waals surface area contributed by atoms with E-state index in [1.54, 1.807) is 24.3 Å². The van der Waals surface area contributed by atoms with E-state index in [9.17, 15) is 18.0 Å². The van der Waals surface area contributed by atoms with Crippen LogP contribution in [0.4, 0.5) is 5.69 Å². The average molecular weight is 586 g/mol. The van der Waals surface area contributed by atoms with Crippen molar-refractivity contribution >= 4 is 39.1 Å². The summed E-state index contributed by atoms with van der Waals surface area (Å²) in [4.78, 5) is 28.7. The summed E-state index contributed by atoms with van der Waals surface area (Å²) in [5.74, 6) is -0.600. The summed E-state index contributed by atoms with van der Waals surface area (Å²) in [6, 6.07) is 19.4. The maximum Gasteiger partial charge on any atom is 0.264 e. The van der Waals surface area contributed by atoms with Gasteiger partial charge in [-0.2, -0.15) is 0 Å². The molecule has 8 nitrogen and oxygen atoms in total. The molecule has 0 spiro atoms. The van der Waals surface area contributed by atoms with Gasteiger partial charge in [-0.15, -0.1) is 0 Å². The van der Waals surface area contributed by atoms with Gasteiger partial charge in [0.05, 0.1) is 17.7 Å². The van der Waals surface area contributed by atoms with Crippen LogP contribution in [0, 0.1) is 6.92 Å². The predicted molar refractivity (Wildman–Crippen MR) is 158 cm³/mol. The molecule has 0 aliphatic carbocycles. The number of ether oxygens (including phenoxy) is 1. The number of amides is 2. The summed E-state index contributed by atoms with van der Waals surface area (Å²) >= 11 is 6.28. The molecule has 0 aliphatic heterocycles. The number of sulfonamides is 1. The van der Waals surface area contributed by atoms with Gasteiger partial charge >= 0.3 is 0 Å². The number of halogens is 1. The highest BCUT2D eigenvalue weighted by Crippen LogP contribution is 2.35. The van der Waals surface area contributed by atoms with Crippen LogP contribution in [0.1, 0.15) is 37.8 Å². The Hall–Kier alpha value is -3.56. The second kappa shape index (κ2) is 14.2. The summed E-state index contributed by atoms with van der Waals surface area (Å²) in [6.45, 7) is 5.65. The van der Waals surface area contributed by atoms with Gasteiger partial charge in [0.1, 0.15) is 18.3 Å². The van der Waals surface area contributed by atoms with Crippen molar-refractivity contribution in [2.75, 3.05) is 24.5 Å². The van der Waals surface area contributed by atoms with Crippen molar-refractivity contribution in [2.45, 2.75) is 51.1 Å². The summed E-state index contributed by atoms with van der Waals surface area (Å²) < 4.78 is 34.5. The minimum absolute atomic E-state index is 0.00951. The molecule has 2 amide bonds. The number of rotatable bonds is 13. The highest BCUT2D eigenvalue weighted by molar-refractivity contribution is 7.92. The number of carbonyl (C=O) groups excluding carboxylic acids is 2. The lowest BCUT2D eigenvalue weighted by Crippen LogP contribution is -2.52. The third-order valence-electron chi connectivity index (χ3n) is 6.43. The van der Waals surface area contributed by atoms with Crippen molar-refractivity contribution in [3.05, 3.63) is 88.9 Å².